The Bertz CT molecular complexity index is 861. The van der Waals surface area contributed by atoms with E-state index < -0.39 is 0 Å². The van der Waals surface area contributed by atoms with Gasteiger partial charge in [0.05, 0.1) is 12.5 Å². The minimum Gasteiger partial charge on any atom is -0.348 e. The molecule has 4 heteroatoms. The highest BCUT2D eigenvalue weighted by Gasteiger charge is 2.03. The average Bonchev–Trinajstić information content (AvgIpc) is 3.20. The van der Waals surface area contributed by atoms with Crippen LogP contribution in [0.25, 0.3) is 21.9 Å². The number of nitrogens with one attached hydrogen (secondary N) is 2. The van der Waals surface area contributed by atoms with Gasteiger partial charge >= 0.3 is 0 Å². The molecule has 21 heavy (non-hydrogen) atoms. The van der Waals surface area contributed by atoms with Gasteiger partial charge in [0.15, 0.2) is 0 Å². The summed E-state index contributed by atoms with van der Waals surface area (Å²) in [7, 11) is 0. The van der Waals surface area contributed by atoms with E-state index in [0.29, 0.717) is 0 Å². The first-order valence-electron chi connectivity index (χ1n) is 6.87. The van der Waals surface area contributed by atoms with E-state index in [2.05, 4.69) is 56.6 Å². The van der Waals surface area contributed by atoms with Crippen LogP contribution in [-0.2, 0) is 6.42 Å². The van der Waals surface area contributed by atoms with Gasteiger partial charge in [0.1, 0.15) is 0 Å². The van der Waals surface area contributed by atoms with Gasteiger partial charge in [-0.2, -0.15) is 5.10 Å². The van der Waals surface area contributed by atoms with Crippen LogP contribution in [0.15, 0.2) is 61.3 Å². The standard InChI is InChI=1S/C17H14N4/c1-2-14-7-15(16-8-20-21-9-16)4-3-13(14)5-12(1)6-17-10-18-11-19-17/h1-5,7-11H,6H2,(H,18,19)(H,20,21). The molecule has 0 aliphatic heterocycles. The van der Waals surface area contributed by atoms with Gasteiger partial charge in [-0.15, -0.1) is 0 Å². The summed E-state index contributed by atoms with van der Waals surface area (Å²) >= 11 is 0. The Balaban J connectivity index is 1.71. The number of hydrogen-bond donors (Lipinski definition) is 2. The van der Waals surface area contributed by atoms with Crippen molar-refractivity contribution in [2.45, 2.75) is 6.42 Å². The zero-order valence-electron chi connectivity index (χ0n) is 11.4. The highest BCUT2D eigenvalue weighted by atomic mass is 15.1. The van der Waals surface area contributed by atoms with Gasteiger partial charge in [0, 0.05) is 30.1 Å². The maximum absolute atomic E-state index is 4.06. The number of benzene rings is 2. The van der Waals surface area contributed by atoms with Crippen LogP contribution in [-0.4, -0.2) is 20.2 Å². The Morgan fingerprint density at radius 1 is 0.905 bits per heavy atom. The molecule has 0 amide bonds. The molecule has 0 unspecified atom stereocenters. The zero-order valence-corrected chi connectivity index (χ0v) is 11.4. The molecule has 0 aliphatic rings. The van der Waals surface area contributed by atoms with Crippen LogP contribution in [0.2, 0.25) is 0 Å². The highest BCUT2D eigenvalue weighted by Crippen LogP contribution is 2.25. The van der Waals surface area contributed by atoms with Crippen LogP contribution in [0.4, 0.5) is 0 Å². The van der Waals surface area contributed by atoms with Crippen LogP contribution in [0.1, 0.15) is 11.3 Å². The van der Waals surface area contributed by atoms with Crippen molar-refractivity contribution in [2.24, 2.45) is 0 Å². The number of hydrogen-bond acceptors (Lipinski definition) is 2. The van der Waals surface area contributed by atoms with Crippen molar-refractivity contribution in [3.63, 3.8) is 0 Å². The van der Waals surface area contributed by atoms with Gasteiger partial charge in [-0.3, -0.25) is 5.10 Å². The monoisotopic (exact) mass is 274 g/mol. The maximum Gasteiger partial charge on any atom is 0.0921 e. The Morgan fingerprint density at radius 3 is 2.62 bits per heavy atom. The lowest BCUT2D eigenvalue weighted by Crippen LogP contribution is -1.88. The van der Waals surface area contributed by atoms with Crippen molar-refractivity contribution in [2.75, 3.05) is 0 Å². The van der Waals surface area contributed by atoms with E-state index in [4.69, 9.17) is 0 Å². The minimum absolute atomic E-state index is 0.874. The molecule has 0 spiro atoms. The quantitative estimate of drug-likeness (QED) is 0.600. The second kappa shape index (κ2) is 4.90. The van der Waals surface area contributed by atoms with Gasteiger partial charge in [0.2, 0.25) is 0 Å². The topological polar surface area (TPSA) is 57.4 Å². The van der Waals surface area contributed by atoms with Crippen LogP contribution < -0.4 is 0 Å². The van der Waals surface area contributed by atoms with Gasteiger partial charge in [-0.25, -0.2) is 4.98 Å². The summed E-state index contributed by atoms with van der Waals surface area (Å²) in [6.07, 6.45) is 8.21. The van der Waals surface area contributed by atoms with E-state index in [1.807, 2.05) is 18.6 Å². The first-order valence-corrected chi connectivity index (χ1v) is 6.87. The number of fused-ring (bicyclic) bond motifs is 1. The van der Waals surface area contributed by atoms with Crippen LogP contribution in [0.3, 0.4) is 0 Å². The molecule has 102 valence electrons. The first-order chi connectivity index (χ1) is 10.4. The molecule has 4 aromatic rings. The summed E-state index contributed by atoms with van der Waals surface area (Å²) in [6, 6.07) is 13.1. The van der Waals surface area contributed by atoms with Gasteiger partial charge < -0.3 is 4.98 Å². The minimum atomic E-state index is 0.874. The Kier molecular flexibility index (Phi) is 2.78. The number of aromatic nitrogens is 4. The highest BCUT2D eigenvalue weighted by molar-refractivity contribution is 5.87. The fourth-order valence-electron chi connectivity index (χ4n) is 2.59. The van der Waals surface area contributed by atoms with Crippen LogP contribution in [0, 0.1) is 0 Å². The SMILES string of the molecule is c1ncc(Cc2ccc3cc(-c4cn[nH]c4)ccc3c2)[nH]1. The molecule has 2 aromatic heterocycles. The van der Waals surface area contributed by atoms with Crippen molar-refractivity contribution in [1.29, 1.82) is 0 Å². The number of nitrogens with zero attached hydrogens (tertiary/aromatic N) is 2. The molecular formula is C17H14N4. The summed E-state index contributed by atoms with van der Waals surface area (Å²) in [5.74, 6) is 0. The molecule has 4 rings (SSSR count). The molecule has 0 aliphatic carbocycles. The molecule has 0 saturated carbocycles. The largest absolute Gasteiger partial charge is 0.348 e. The maximum atomic E-state index is 4.06. The normalized spacial score (nSPS) is 11.0. The number of H-pyrrole nitrogens is 2. The molecule has 2 N–H and O–H groups in total. The molecule has 0 fully saturated rings. The Hall–Kier alpha value is -2.88. The van der Waals surface area contributed by atoms with Crippen molar-refractivity contribution < 1.29 is 0 Å². The fourth-order valence-corrected chi connectivity index (χ4v) is 2.59. The van der Waals surface area contributed by atoms with Crippen molar-refractivity contribution in [3.05, 3.63) is 72.6 Å². The van der Waals surface area contributed by atoms with Gasteiger partial charge in [-0.1, -0.05) is 30.3 Å². The molecule has 2 aromatic carbocycles. The number of imidazole rings is 1. The van der Waals surface area contributed by atoms with E-state index in [9.17, 15) is 0 Å². The number of rotatable bonds is 3. The Morgan fingerprint density at radius 2 is 1.81 bits per heavy atom. The lowest BCUT2D eigenvalue weighted by Gasteiger charge is -2.05. The third kappa shape index (κ3) is 2.31. The lowest BCUT2D eigenvalue weighted by atomic mass is 10.0. The summed E-state index contributed by atoms with van der Waals surface area (Å²) in [4.78, 5) is 7.20. The van der Waals surface area contributed by atoms with E-state index in [-0.39, 0.29) is 0 Å². The fraction of sp³-hybridized carbons (Fsp3) is 0.0588. The third-order valence-electron chi connectivity index (χ3n) is 3.69. The first kappa shape index (κ1) is 11.9. The van der Waals surface area contributed by atoms with E-state index in [1.54, 1.807) is 6.33 Å². The lowest BCUT2D eigenvalue weighted by molar-refractivity contribution is 1.09. The molecule has 4 nitrogen and oxygen atoms in total. The second-order valence-corrected chi connectivity index (χ2v) is 5.14. The zero-order chi connectivity index (χ0) is 14.1. The molecule has 0 bridgehead atoms. The van der Waals surface area contributed by atoms with Crippen LogP contribution in [0.5, 0.6) is 0 Å². The number of aromatic amines is 2. The average molecular weight is 274 g/mol. The summed E-state index contributed by atoms with van der Waals surface area (Å²) in [5.41, 5.74) is 4.70. The van der Waals surface area contributed by atoms with E-state index in [0.717, 1.165) is 17.7 Å². The van der Waals surface area contributed by atoms with E-state index in [1.165, 1.54) is 21.9 Å². The summed E-state index contributed by atoms with van der Waals surface area (Å²) in [5, 5.41) is 9.34. The van der Waals surface area contributed by atoms with Crippen molar-refractivity contribution in [3.8, 4) is 11.1 Å². The predicted octanol–water partition coefficient (Wildman–Crippen LogP) is 3.54. The summed E-state index contributed by atoms with van der Waals surface area (Å²) < 4.78 is 0. The molecule has 0 atom stereocenters. The van der Waals surface area contributed by atoms with Gasteiger partial charge in [0.25, 0.3) is 0 Å². The third-order valence-corrected chi connectivity index (χ3v) is 3.69. The Labute approximate surface area is 121 Å². The summed E-state index contributed by atoms with van der Waals surface area (Å²) in [6.45, 7) is 0. The molecule has 0 saturated heterocycles. The van der Waals surface area contributed by atoms with Crippen molar-refractivity contribution in [1.82, 2.24) is 20.2 Å². The molecular weight excluding hydrogens is 260 g/mol. The molecule has 0 radical (unpaired) electrons. The van der Waals surface area contributed by atoms with Crippen molar-refractivity contribution >= 4 is 10.8 Å². The van der Waals surface area contributed by atoms with Crippen LogP contribution >= 0.6 is 0 Å². The predicted molar refractivity (Wildman–Crippen MR) is 82.9 cm³/mol. The smallest absolute Gasteiger partial charge is 0.0921 e. The van der Waals surface area contributed by atoms with E-state index >= 15 is 0 Å². The van der Waals surface area contributed by atoms with Gasteiger partial charge in [-0.05, 0) is 28.0 Å². The second-order valence-electron chi connectivity index (χ2n) is 5.14. The molecule has 2 heterocycles.